The summed E-state index contributed by atoms with van der Waals surface area (Å²) in [5.74, 6) is -0.163. The zero-order valence-corrected chi connectivity index (χ0v) is 14.2. The Kier molecular flexibility index (Phi) is 4.55. The molecule has 2 N–H and O–H groups in total. The number of rotatable bonds is 4. The van der Waals surface area contributed by atoms with Crippen LogP contribution in [-0.4, -0.2) is 20.6 Å². The van der Waals surface area contributed by atoms with Gasteiger partial charge in [0.2, 0.25) is 0 Å². The van der Waals surface area contributed by atoms with Crippen molar-refractivity contribution in [2.75, 3.05) is 0 Å². The number of pyridine rings is 1. The molecule has 2 aromatic heterocycles. The van der Waals surface area contributed by atoms with Crippen LogP contribution in [0, 0.1) is 0 Å². The van der Waals surface area contributed by atoms with Crippen LogP contribution in [0.5, 0.6) is 0 Å². The Morgan fingerprint density at radius 1 is 1.33 bits per heavy atom. The molecule has 1 amide bonds. The van der Waals surface area contributed by atoms with Gasteiger partial charge >= 0.3 is 0 Å². The van der Waals surface area contributed by atoms with Gasteiger partial charge in [0.05, 0.1) is 18.3 Å². The third-order valence-corrected chi connectivity index (χ3v) is 4.33. The maximum absolute atomic E-state index is 12.6. The highest BCUT2D eigenvalue weighted by molar-refractivity contribution is 6.31. The fourth-order valence-corrected chi connectivity index (χ4v) is 2.83. The first-order valence-electron chi connectivity index (χ1n) is 7.61. The second-order valence-electron chi connectivity index (χ2n) is 5.73. The van der Waals surface area contributed by atoms with E-state index in [2.05, 4.69) is 10.3 Å². The van der Waals surface area contributed by atoms with Crippen LogP contribution in [0.3, 0.4) is 0 Å². The summed E-state index contributed by atoms with van der Waals surface area (Å²) in [6.07, 6.45) is 1.66. The van der Waals surface area contributed by atoms with E-state index in [9.17, 15) is 4.79 Å². The van der Waals surface area contributed by atoms with Crippen LogP contribution in [0.4, 0.5) is 0 Å². The van der Waals surface area contributed by atoms with Crippen LogP contribution in [0.2, 0.25) is 5.02 Å². The quantitative estimate of drug-likeness (QED) is 0.764. The number of aliphatic hydroxyl groups excluding tert-OH is 1. The molecule has 0 aliphatic rings. The zero-order valence-electron chi connectivity index (χ0n) is 13.5. The number of amides is 1. The van der Waals surface area contributed by atoms with E-state index in [4.69, 9.17) is 16.7 Å². The topological polar surface area (TPSA) is 67.2 Å². The second kappa shape index (κ2) is 6.63. The Morgan fingerprint density at radius 3 is 2.79 bits per heavy atom. The van der Waals surface area contributed by atoms with Crippen molar-refractivity contribution in [1.82, 2.24) is 14.9 Å². The Bertz CT molecular complexity index is 887. The number of benzene rings is 1. The van der Waals surface area contributed by atoms with Gasteiger partial charge in [-0.25, -0.2) is 0 Å². The van der Waals surface area contributed by atoms with Gasteiger partial charge in [-0.15, -0.1) is 0 Å². The highest BCUT2D eigenvalue weighted by Gasteiger charge is 2.16. The fraction of sp³-hybridized carbons (Fsp3) is 0.222. The molecule has 0 spiro atoms. The predicted molar refractivity (Wildman–Crippen MR) is 94.0 cm³/mol. The van der Waals surface area contributed by atoms with Crippen LogP contribution in [0.25, 0.3) is 10.9 Å². The van der Waals surface area contributed by atoms with Crippen molar-refractivity contribution >= 4 is 28.4 Å². The average Bonchev–Trinajstić information content (AvgIpc) is 2.91. The minimum absolute atomic E-state index is 0.0977. The van der Waals surface area contributed by atoms with Crippen molar-refractivity contribution in [3.63, 3.8) is 0 Å². The summed E-state index contributed by atoms with van der Waals surface area (Å²) >= 11 is 6.03. The van der Waals surface area contributed by atoms with E-state index in [-0.39, 0.29) is 18.6 Å². The number of carbonyl (C=O) groups is 1. The van der Waals surface area contributed by atoms with E-state index in [1.807, 2.05) is 48.9 Å². The molecular weight excluding hydrogens is 326 g/mol. The van der Waals surface area contributed by atoms with Crippen LogP contribution in [0.1, 0.15) is 34.7 Å². The summed E-state index contributed by atoms with van der Waals surface area (Å²) in [5, 5.41) is 13.6. The molecule has 5 nitrogen and oxygen atoms in total. The second-order valence-corrected chi connectivity index (χ2v) is 6.16. The largest absolute Gasteiger partial charge is 0.390 e. The molecule has 6 heteroatoms. The van der Waals surface area contributed by atoms with Crippen LogP contribution < -0.4 is 5.32 Å². The molecule has 0 fully saturated rings. The molecule has 0 unspecified atom stereocenters. The van der Waals surface area contributed by atoms with E-state index in [1.54, 1.807) is 12.3 Å². The number of aliphatic hydroxyl groups is 1. The molecule has 0 aliphatic carbocycles. The average molecular weight is 344 g/mol. The molecule has 1 aromatic carbocycles. The monoisotopic (exact) mass is 343 g/mol. The standard InChI is InChI=1S/C18H18ClN3O2/c1-11(13-4-6-15(10-23)20-9-13)21-18(24)17-7-12-3-5-14(19)8-16(12)22(17)2/h3-9,11,23H,10H2,1-2H3,(H,21,24)/t11-/m1/s1. The summed E-state index contributed by atoms with van der Waals surface area (Å²) in [7, 11) is 1.84. The molecule has 24 heavy (non-hydrogen) atoms. The molecule has 0 aliphatic heterocycles. The summed E-state index contributed by atoms with van der Waals surface area (Å²) in [5.41, 5.74) is 2.96. The Morgan fingerprint density at radius 2 is 2.12 bits per heavy atom. The molecule has 0 saturated carbocycles. The first-order chi connectivity index (χ1) is 11.5. The highest BCUT2D eigenvalue weighted by atomic mass is 35.5. The first-order valence-corrected chi connectivity index (χ1v) is 7.99. The maximum Gasteiger partial charge on any atom is 0.268 e. The van der Waals surface area contributed by atoms with Gasteiger partial charge in [0.25, 0.3) is 5.91 Å². The lowest BCUT2D eigenvalue weighted by atomic mass is 10.1. The van der Waals surface area contributed by atoms with Gasteiger partial charge in [-0.05, 0) is 36.8 Å². The number of nitrogens with one attached hydrogen (secondary N) is 1. The molecule has 1 atom stereocenters. The van der Waals surface area contributed by atoms with Gasteiger partial charge in [-0.3, -0.25) is 9.78 Å². The number of hydrogen-bond acceptors (Lipinski definition) is 3. The first kappa shape index (κ1) is 16.5. The predicted octanol–water partition coefficient (Wildman–Crippen LogP) is 3.21. The smallest absolute Gasteiger partial charge is 0.268 e. The van der Waals surface area contributed by atoms with Gasteiger partial charge in [0, 0.05) is 29.2 Å². The Hall–Kier alpha value is -2.37. The van der Waals surface area contributed by atoms with E-state index >= 15 is 0 Å². The molecule has 2 heterocycles. The van der Waals surface area contributed by atoms with Crippen molar-refractivity contribution < 1.29 is 9.90 Å². The lowest BCUT2D eigenvalue weighted by molar-refractivity contribution is 0.0932. The van der Waals surface area contributed by atoms with Gasteiger partial charge in [-0.1, -0.05) is 23.7 Å². The SMILES string of the molecule is C[C@@H](NC(=O)c1cc2ccc(Cl)cc2n1C)c1ccc(CO)nc1. The molecule has 3 aromatic rings. The molecule has 0 radical (unpaired) electrons. The Balaban J connectivity index is 1.82. The molecule has 124 valence electrons. The highest BCUT2D eigenvalue weighted by Crippen LogP contribution is 2.23. The van der Waals surface area contributed by atoms with Crippen molar-refractivity contribution in [2.45, 2.75) is 19.6 Å². The van der Waals surface area contributed by atoms with Gasteiger partial charge in [-0.2, -0.15) is 0 Å². The number of fused-ring (bicyclic) bond motifs is 1. The fourth-order valence-electron chi connectivity index (χ4n) is 2.66. The number of nitrogens with zero attached hydrogens (tertiary/aromatic N) is 2. The number of carbonyl (C=O) groups excluding carboxylic acids is 1. The third kappa shape index (κ3) is 3.13. The molecular formula is C18H18ClN3O2. The summed E-state index contributed by atoms with van der Waals surface area (Å²) < 4.78 is 1.83. The summed E-state index contributed by atoms with van der Waals surface area (Å²) in [4.78, 5) is 16.7. The normalized spacial score (nSPS) is 12.3. The van der Waals surface area contributed by atoms with E-state index in [1.165, 1.54) is 0 Å². The van der Waals surface area contributed by atoms with Crippen molar-refractivity contribution in [3.8, 4) is 0 Å². The number of hydrogen-bond donors (Lipinski definition) is 2. The van der Waals surface area contributed by atoms with Crippen molar-refractivity contribution in [1.29, 1.82) is 0 Å². The number of halogens is 1. The van der Waals surface area contributed by atoms with Crippen LogP contribution in [-0.2, 0) is 13.7 Å². The lowest BCUT2D eigenvalue weighted by Crippen LogP contribution is -2.28. The van der Waals surface area contributed by atoms with Gasteiger partial charge in [0.1, 0.15) is 5.69 Å². The van der Waals surface area contributed by atoms with Crippen molar-refractivity contribution in [2.24, 2.45) is 7.05 Å². The summed E-state index contributed by atoms with van der Waals surface area (Å²) in [6, 6.07) is 10.8. The summed E-state index contributed by atoms with van der Waals surface area (Å²) in [6.45, 7) is 1.80. The third-order valence-electron chi connectivity index (χ3n) is 4.10. The van der Waals surface area contributed by atoms with Crippen LogP contribution in [0.15, 0.2) is 42.6 Å². The molecule has 3 rings (SSSR count). The number of aryl methyl sites for hydroxylation is 1. The van der Waals surface area contributed by atoms with E-state index < -0.39 is 0 Å². The molecule has 0 bridgehead atoms. The van der Waals surface area contributed by atoms with Crippen LogP contribution >= 0.6 is 11.6 Å². The molecule has 0 saturated heterocycles. The maximum atomic E-state index is 12.6. The lowest BCUT2D eigenvalue weighted by Gasteiger charge is -2.14. The van der Waals surface area contributed by atoms with E-state index in [0.29, 0.717) is 16.4 Å². The minimum Gasteiger partial charge on any atom is -0.390 e. The number of aromatic nitrogens is 2. The zero-order chi connectivity index (χ0) is 17.3. The van der Waals surface area contributed by atoms with E-state index in [0.717, 1.165) is 16.5 Å². The van der Waals surface area contributed by atoms with Gasteiger partial charge < -0.3 is 15.0 Å². The van der Waals surface area contributed by atoms with Crippen molar-refractivity contribution in [3.05, 3.63) is 64.6 Å². The van der Waals surface area contributed by atoms with Gasteiger partial charge in [0.15, 0.2) is 0 Å². The minimum atomic E-state index is -0.195. The Labute approximate surface area is 144 Å².